The summed E-state index contributed by atoms with van der Waals surface area (Å²) in [6.45, 7) is 7.35. The summed E-state index contributed by atoms with van der Waals surface area (Å²) in [4.78, 5) is 11.4. The Hall–Kier alpha value is -2.23. The Bertz CT molecular complexity index is 423. The molecule has 4 nitrogen and oxygen atoms in total. The van der Waals surface area contributed by atoms with E-state index >= 15 is 0 Å². The van der Waals surface area contributed by atoms with Crippen molar-refractivity contribution in [3.8, 4) is 11.5 Å². The average Bonchev–Trinajstić information content (AvgIpc) is 2.34. The molecule has 1 aromatic rings. The van der Waals surface area contributed by atoms with Crippen molar-refractivity contribution < 1.29 is 19.4 Å². The Morgan fingerprint density at radius 1 is 1.29 bits per heavy atom. The Kier molecular flexibility index (Phi) is 4.81. The summed E-state index contributed by atoms with van der Waals surface area (Å²) in [5.41, 5.74) is 0.260. The molecular weight excluding hydrogens is 220 g/mol. The Labute approximate surface area is 99.8 Å². The number of carbonyl (C=O) groups excluding carboxylic acids is 1. The maximum absolute atomic E-state index is 11.4. The van der Waals surface area contributed by atoms with Gasteiger partial charge in [-0.3, -0.25) is 0 Å². The lowest BCUT2D eigenvalue weighted by atomic mass is 10.2. The van der Waals surface area contributed by atoms with Crippen LogP contribution in [0.3, 0.4) is 0 Å². The minimum atomic E-state index is -0.518. The van der Waals surface area contributed by atoms with Gasteiger partial charge in [0.2, 0.25) is 0 Å². The van der Waals surface area contributed by atoms with Crippen molar-refractivity contribution in [1.82, 2.24) is 0 Å². The molecule has 1 aromatic carbocycles. The number of carbonyl (C=O) groups is 1. The van der Waals surface area contributed by atoms with Crippen molar-refractivity contribution in [1.29, 1.82) is 0 Å². The molecule has 0 heterocycles. The van der Waals surface area contributed by atoms with Gasteiger partial charge in [-0.25, -0.2) is 4.79 Å². The summed E-state index contributed by atoms with van der Waals surface area (Å²) in [6.07, 6.45) is 3.03. The second kappa shape index (κ2) is 6.37. The second-order valence-corrected chi connectivity index (χ2v) is 3.17. The predicted molar refractivity (Wildman–Crippen MR) is 64.3 cm³/mol. The highest BCUT2D eigenvalue weighted by atomic mass is 16.5. The van der Waals surface area contributed by atoms with Gasteiger partial charge in [0.25, 0.3) is 0 Å². The Morgan fingerprint density at radius 3 is 2.59 bits per heavy atom. The van der Waals surface area contributed by atoms with Crippen molar-refractivity contribution >= 4 is 5.97 Å². The molecule has 17 heavy (non-hydrogen) atoms. The van der Waals surface area contributed by atoms with Crippen LogP contribution in [-0.4, -0.2) is 24.3 Å². The Balaban J connectivity index is 2.76. The van der Waals surface area contributed by atoms with Gasteiger partial charge >= 0.3 is 5.97 Å². The zero-order valence-corrected chi connectivity index (χ0v) is 9.39. The summed E-state index contributed by atoms with van der Waals surface area (Å²) >= 11 is 0. The van der Waals surface area contributed by atoms with E-state index in [4.69, 9.17) is 9.47 Å². The van der Waals surface area contributed by atoms with Crippen LogP contribution in [0.2, 0.25) is 0 Å². The second-order valence-electron chi connectivity index (χ2n) is 3.17. The first-order valence-corrected chi connectivity index (χ1v) is 5.03. The number of aromatic hydroxyl groups is 1. The molecule has 0 atom stereocenters. The molecule has 0 fully saturated rings. The van der Waals surface area contributed by atoms with Crippen molar-refractivity contribution in [2.45, 2.75) is 0 Å². The lowest BCUT2D eigenvalue weighted by Crippen LogP contribution is -2.05. The SMILES string of the molecule is C=CCOC(=O)c1ccc(OCC=C)c(O)c1. The van der Waals surface area contributed by atoms with Gasteiger partial charge in [0.15, 0.2) is 11.5 Å². The fourth-order valence-electron chi connectivity index (χ4n) is 1.13. The van der Waals surface area contributed by atoms with Crippen molar-refractivity contribution in [2.75, 3.05) is 13.2 Å². The van der Waals surface area contributed by atoms with Crippen LogP contribution in [-0.2, 0) is 4.74 Å². The van der Waals surface area contributed by atoms with Gasteiger partial charge in [-0.1, -0.05) is 25.3 Å². The van der Waals surface area contributed by atoms with Gasteiger partial charge < -0.3 is 14.6 Å². The average molecular weight is 234 g/mol. The standard InChI is InChI=1S/C13H14O4/c1-3-7-16-12-6-5-10(9-11(12)14)13(15)17-8-4-2/h3-6,9,14H,1-2,7-8H2. The van der Waals surface area contributed by atoms with Gasteiger partial charge in [0.05, 0.1) is 5.56 Å². The summed E-state index contributed by atoms with van der Waals surface area (Å²) in [5.74, 6) is -0.333. The first kappa shape index (κ1) is 12.8. The van der Waals surface area contributed by atoms with E-state index in [0.29, 0.717) is 5.75 Å². The van der Waals surface area contributed by atoms with E-state index in [1.807, 2.05) is 0 Å². The van der Waals surface area contributed by atoms with E-state index in [2.05, 4.69) is 13.2 Å². The summed E-state index contributed by atoms with van der Waals surface area (Å²) in [7, 11) is 0. The van der Waals surface area contributed by atoms with Crippen LogP contribution < -0.4 is 4.74 Å². The third-order valence-corrected chi connectivity index (χ3v) is 1.88. The van der Waals surface area contributed by atoms with E-state index in [9.17, 15) is 9.90 Å². The monoisotopic (exact) mass is 234 g/mol. The van der Waals surface area contributed by atoms with Crippen molar-refractivity contribution in [2.24, 2.45) is 0 Å². The molecule has 0 aromatic heterocycles. The number of benzene rings is 1. The fraction of sp³-hybridized carbons (Fsp3) is 0.154. The van der Waals surface area contributed by atoms with E-state index in [-0.39, 0.29) is 24.5 Å². The maximum atomic E-state index is 11.4. The molecule has 0 aliphatic heterocycles. The van der Waals surface area contributed by atoms with Gasteiger partial charge in [-0.15, -0.1) is 0 Å². The normalized spacial score (nSPS) is 9.41. The quantitative estimate of drug-likeness (QED) is 0.606. The molecule has 0 bridgehead atoms. The number of rotatable bonds is 6. The number of hydrogen-bond donors (Lipinski definition) is 1. The molecule has 0 spiro atoms. The zero-order chi connectivity index (χ0) is 12.7. The maximum Gasteiger partial charge on any atom is 0.338 e. The predicted octanol–water partition coefficient (Wildman–Crippen LogP) is 2.30. The molecule has 1 N–H and O–H groups in total. The first-order chi connectivity index (χ1) is 8.19. The molecule has 0 unspecified atom stereocenters. The van der Waals surface area contributed by atoms with Crippen LogP contribution in [0.25, 0.3) is 0 Å². The summed E-state index contributed by atoms with van der Waals surface area (Å²) in [5, 5.41) is 9.61. The van der Waals surface area contributed by atoms with Gasteiger partial charge in [-0.2, -0.15) is 0 Å². The number of ether oxygens (including phenoxy) is 2. The number of phenols is 1. The van der Waals surface area contributed by atoms with E-state index in [1.165, 1.54) is 24.3 Å². The zero-order valence-electron chi connectivity index (χ0n) is 9.39. The van der Waals surface area contributed by atoms with Gasteiger partial charge in [0.1, 0.15) is 13.2 Å². The highest BCUT2D eigenvalue weighted by Gasteiger charge is 2.10. The first-order valence-electron chi connectivity index (χ1n) is 5.03. The van der Waals surface area contributed by atoms with Crippen LogP contribution in [0, 0.1) is 0 Å². The summed E-state index contributed by atoms with van der Waals surface area (Å²) in [6, 6.07) is 4.32. The van der Waals surface area contributed by atoms with Gasteiger partial charge in [-0.05, 0) is 18.2 Å². The highest BCUT2D eigenvalue weighted by Crippen LogP contribution is 2.27. The van der Waals surface area contributed by atoms with E-state index < -0.39 is 5.97 Å². The molecule has 0 saturated heterocycles. The molecule has 90 valence electrons. The molecule has 4 heteroatoms. The van der Waals surface area contributed by atoms with Crippen LogP contribution >= 0.6 is 0 Å². The van der Waals surface area contributed by atoms with E-state index in [1.54, 1.807) is 6.08 Å². The highest BCUT2D eigenvalue weighted by molar-refractivity contribution is 5.90. The smallest absolute Gasteiger partial charge is 0.338 e. The van der Waals surface area contributed by atoms with Crippen LogP contribution in [0.4, 0.5) is 0 Å². The lowest BCUT2D eigenvalue weighted by Gasteiger charge is -2.07. The molecule has 0 aliphatic rings. The largest absolute Gasteiger partial charge is 0.504 e. The minimum Gasteiger partial charge on any atom is -0.504 e. The number of phenolic OH excluding ortho intramolecular Hbond substituents is 1. The summed E-state index contributed by atoms with van der Waals surface area (Å²) < 4.78 is 9.99. The van der Waals surface area contributed by atoms with Gasteiger partial charge in [0, 0.05) is 0 Å². The van der Waals surface area contributed by atoms with Crippen molar-refractivity contribution in [3.05, 3.63) is 49.1 Å². The third kappa shape index (κ3) is 3.68. The number of hydrogen-bond acceptors (Lipinski definition) is 4. The molecular formula is C13H14O4. The molecule has 0 aliphatic carbocycles. The third-order valence-electron chi connectivity index (χ3n) is 1.88. The fourth-order valence-corrected chi connectivity index (χ4v) is 1.13. The van der Waals surface area contributed by atoms with Crippen LogP contribution in [0.1, 0.15) is 10.4 Å². The van der Waals surface area contributed by atoms with E-state index in [0.717, 1.165) is 0 Å². The van der Waals surface area contributed by atoms with Crippen LogP contribution in [0.5, 0.6) is 11.5 Å². The lowest BCUT2D eigenvalue weighted by molar-refractivity contribution is 0.0549. The number of esters is 1. The van der Waals surface area contributed by atoms with Crippen molar-refractivity contribution in [3.63, 3.8) is 0 Å². The topological polar surface area (TPSA) is 55.8 Å². The molecule has 1 rings (SSSR count). The Morgan fingerprint density at radius 2 is 2.00 bits per heavy atom. The minimum absolute atomic E-state index is 0.111. The molecule has 0 saturated carbocycles. The molecule has 0 amide bonds. The molecule has 0 radical (unpaired) electrons. The van der Waals surface area contributed by atoms with Crippen LogP contribution in [0.15, 0.2) is 43.5 Å².